The van der Waals surface area contributed by atoms with Gasteiger partial charge in [0.25, 0.3) is 0 Å². The molecule has 3 heteroatoms. The van der Waals surface area contributed by atoms with Crippen LogP contribution in [0.1, 0.15) is 33.6 Å². The number of rotatable bonds is 6. The maximum Gasteiger partial charge on any atom is 0.0916 e. The smallest absolute Gasteiger partial charge is 0.0916 e. The van der Waals surface area contributed by atoms with Crippen LogP contribution in [0, 0.1) is 11.3 Å². The van der Waals surface area contributed by atoms with E-state index in [2.05, 4.69) is 20.8 Å². The molecule has 0 aliphatic heterocycles. The third-order valence-corrected chi connectivity index (χ3v) is 3.40. The summed E-state index contributed by atoms with van der Waals surface area (Å²) in [6.45, 7) is 6.59. The molecule has 0 aliphatic rings. The minimum absolute atomic E-state index is 0.318. The van der Waals surface area contributed by atoms with Crippen molar-refractivity contribution in [3.8, 4) is 0 Å². The van der Waals surface area contributed by atoms with E-state index < -0.39 is 0 Å². The molecule has 0 aliphatic carbocycles. The van der Waals surface area contributed by atoms with E-state index in [1.54, 1.807) is 0 Å². The van der Waals surface area contributed by atoms with Crippen molar-refractivity contribution in [3.05, 3.63) is 0 Å². The molecule has 0 saturated heterocycles. The van der Waals surface area contributed by atoms with Gasteiger partial charge in [0.1, 0.15) is 0 Å². The van der Waals surface area contributed by atoms with Crippen LogP contribution in [0.25, 0.3) is 0 Å². The first-order valence-electron chi connectivity index (χ1n) is 4.50. The van der Waals surface area contributed by atoms with Crippen molar-refractivity contribution in [2.24, 2.45) is 11.7 Å². The third-order valence-electron chi connectivity index (χ3n) is 1.57. The molecule has 3 N–H and O–H groups in total. The number of nitrogens with one attached hydrogen (secondary N) is 1. The Morgan fingerprint density at radius 2 is 2.08 bits per heavy atom. The van der Waals surface area contributed by atoms with Crippen LogP contribution in [0.2, 0.25) is 0 Å². The summed E-state index contributed by atoms with van der Waals surface area (Å²) in [4.78, 5) is 0. The van der Waals surface area contributed by atoms with Crippen LogP contribution < -0.4 is 5.73 Å². The van der Waals surface area contributed by atoms with Gasteiger partial charge in [0.15, 0.2) is 0 Å². The molecule has 0 radical (unpaired) electrons. The van der Waals surface area contributed by atoms with Crippen molar-refractivity contribution in [2.75, 3.05) is 5.75 Å². The fourth-order valence-electron chi connectivity index (χ4n) is 0.895. The maximum atomic E-state index is 7.18. The second kappa shape index (κ2) is 6.35. The lowest BCUT2D eigenvalue weighted by Gasteiger charge is -2.14. The van der Waals surface area contributed by atoms with Crippen molar-refractivity contribution >= 4 is 17.6 Å². The van der Waals surface area contributed by atoms with Gasteiger partial charge in [-0.25, -0.2) is 0 Å². The number of amidine groups is 1. The average molecular weight is 188 g/mol. The third kappa shape index (κ3) is 6.53. The summed E-state index contributed by atoms with van der Waals surface area (Å²) in [6, 6.07) is 0. The van der Waals surface area contributed by atoms with E-state index in [9.17, 15) is 0 Å². The topological polar surface area (TPSA) is 49.9 Å². The summed E-state index contributed by atoms with van der Waals surface area (Å²) in [5.74, 6) is 2.22. The van der Waals surface area contributed by atoms with Gasteiger partial charge < -0.3 is 5.73 Å². The van der Waals surface area contributed by atoms with Crippen molar-refractivity contribution in [3.63, 3.8) is 0 Å². The molecule has 0 bridgehead atoms. The molecule has 72 valence electrons. The molecule has 12 heavy (non-hydrogen) atoms. The summed E-state index contributed by atoms with van der Waals surface area (Å²) in [5.41, 5.74) is 5.35. The summed E-state index contributed by atoms with van der Waals surface area (Å²) >= 11 is 1.94. The van der Waals surface area contributed by atoms with Crippen molar-refractivity contribution < 1.29 is 0 Å². The monoisotopic (exact) mass is 188 g/mol. The van der Waals surface area contributed by atoms with E-state index in [0.29, 0.717) is 11.1 Å². The highest BCUT2D eigenvalue weighted by molar-refractivity contribution is 7.99. The Labute approximate surface area is 79.8 Å². The highest BCUT2D eigenvalue weighted by Gasteiger charge is 2.08. The SMILES string of the molecule is CCC(CC(=N)N)SCC(C)C. The molecular weight excluding hydrogens is 168 g/mol. The Bertz CT molecular complexity index is 134. The van der Waals surface area contributed by atoms with Gasteiger partial charge >= 0.3 is 0 Å². The van der Waals surface area contributed by atoms with Gasteiger partial charge in [0, 0.05) is 11.7 Å². The first kappa shape index (κ1) is 11.8. The zero-order chi connectivity index (χ0) is 9.56. The van der Waals surface area contributed by atoms with Crippen molar-refractivity contribution in [1.82, 2.24) is 0 Å². The Morgan fingerprint density at radius 1 is 1.50 bits per heavy atom. The van der Waals surface area contributed by atoms with E-state index in [4.69, 9.17) is 11.1 Å². The van der Waals surface area contributed by atoms with E-state index in [0.717, 1.165) is 18.8 Å². The predicted molar refractivity (Wildman–Crippen MR) is 57.9 cm³/mol. The van der Waals surface area contributed by atoms with Crippen molar-refractivity contribution in [1.29, 1.82) is 5.41 Å². The van der Waals surface area contributed by atoms with Gasteiger partial charge in [-0.3, -0.25) is 5.41 Å². The van der Waals surface area contributed by atoms with E-state index in [-0.39, 0.29) is 0 Å². The second-order valence-electron chi connectivity index (χ2n) is 3.49. The van der Waals surface area contributed by atoms with Crippen molar-refractivity contribution in [2.45, 2.75) is 38.9 Å². The van der Waals surface area contributed by atoms with Crippen LogP contribution in [0.15, 0.2) is 0 Å². The van der Waals surface area contributed by atoms with Crippen LogP contribution in [0.5, 0.6) is 0 Å². The molecule has 1 atom stereocenters. The van der Waals surface area contributed by atoms with E-state index in [1.807, 2.05) is 11.8 Å². The minimum atomic E-state index is 0.318. The second-order valence-corrected chi connectivity index (χ2v) is 4.82. The van der Waals surface area contributed by atoms with Gasteiger partial charge in [-0.05, 0) is 18.1 Å². The van der Waals surface area contributed by atoms with Crippen LogP contribution in [0.3, 0.4) is 0 Å². The summed E-state index contributed by atoms with van der Waals surface area (Å²) in [7, 11) is 0. The molecule has 0 fully saturated rings. The Morgan fingerprint density at radius 3 is 2.42 bits per heavy atom. The van der Waals surface area contributed by atoms with Gasteiger partial charge in [-0.2, -0.15) is 11.8 Å². The zero-order valence-electron chi connectivity index (χ0n) is 8.26. The van der Waals surface area contributed by atoms with Crippen LogP contribution >= 0.6 is 11.8 Å². The van der Waals surface area contributed by atoms with Gasteiger partial charge in [0.2, 0.25) is 0 Å². The first-order chi connectivity index (χ1) is 5.56. The molecule has 1 unspecified atom stereocenters. The molecule has 0 amide bonds. The molecule has 2 nitrogen and oxygen atoms in total. The Hall–Kier alpha value is -0.180. The summed E-state index contributed by atoms with van der Waals surface area (Å²) in [6.07, 6.45) is 1.85. The molecule has 0 aromatic carbocycles. The highest BCUT2D eigenvalue weighted by Crippen LogP contribution is 2.20. The first-order valence-corrected chi connectivity index (χ1v) is 5.55. The molecule has 0 saturated carbocycles. The lowest BCUT2D eigenvalue weighted by atomic mass is 10.2. The standard InChI is InChI=1S/C9H20N2S/c1-4-8(5-9(10)11)12-6-7(2)3/h7-8H,4-6H2,1-3H3,(H3,10,11). The highest BCUT2D eigenvalue weighted by atomic mass is 32.2. The normalized spacial score (nSPS) is 13.3. The molecular formula is C9H20N2S. The summed E-state index contributed by atoms with van der Waals surface area (Å²) in [5, 5.41) is 7.72. The lowest BCUT2D eigenvalue weighted by Crippen LogP contribution is -2.17. The molecule has 0 rings (SSSR count). The number of hydrogen-bond acceptors (Lipinski definition) is 2. The van der Waals surface area contributed by atoms with Crippen LogP contribution in [-0.2, 0) is 0 Å². The molecule has 0 aromatic rings. The Balaban J connectivity index is 3.60. The zero-order valence-corrected chi connectivity index (χ0v) is 9.08. The van der Waals surface area contributed by atoms with Crippen LogP contribution in [-0.4, -0.2) is 16.8 Å². The predicted octanol–water partition coefficient (Wildman–Crippen LogP) is 2.48. The minimum Gasteiger partial charge on any atom is -0.388 e. The van der Waals surface area contributed by atoms with Crippen LogP contribution in [0.4, 0.5) is 0 Å². The fraction of sp³-hybridized carbons (Fsp3) is 0.889. The average Bonchev–Trinajstić information content (AvgIpc) is 1.97. The largest absolute Gasteiger partial charge is 0.388 e. The van der Waals surface area contributed by atoms with Gasteiger partial charge in [-0.15, -0.1) is 0 Å². The fourth-order valence-corrected chi connectivity index (χ4v) is 2.09. The van der Waals surface area contributed by atoms with E-state index >= 15 is 0 Å². The number of nitrogens with two attached hydrogens (primary N) is 1. The quantitative estimate of drug-likeness (QED) is 0.497. The number of thioether (sulfide) groups is 1. The molecule has 0 aromatic heterocycles. The molecule has 0 spiro atoms. The summed E-state index contributed by atoms with van der Waals surface area (Å²) < 4.78 is 0. The van der Waals surface area contributed by atoms with Gasteiger partial charge in [-0.1, -0.05) is 20.8 Å². The Kier molecular flexibility index (Phi) is 6.25. The maximum absolute atomic E-state index is 7.18. The van der Waals surface area contributed by atoms with Gasteiger partial charge in [0.05, 0.1) is 5.84 Å². The molecule has 0 heterocycles. The van der Waals surface area contributed by atoms with E-state index in [1.165, 1.54) is 5.75 Å². The number of hydrogen-bond donors (Lipinski definition) is 2. The lowest BCUT2D eigenvalue weighted by molar-refractivity contribution is 0.742.